The molecule has 1 rings (SSSR count). The summed E-state index contributed by atoms with van der Waals surface area (Å²) in [6.07, 6.45) is 0.705. The van der Waals surface area contributed by atoms with Gasteiger partial charge in [-0.05, 0) is 30.0 Å². The van der Waals surface area contributed by atoms with E-state index in [1.807, 2.05) is 20.8 Å². The lowest BCUT2D eigenvalue weighted by Crippen LogP contribution is -2.16. The Balaban J connectivity index is 2.92. The highest BCUT2D eigenvalue weighted by Crippen LogP contribution is 2.24. The van der Waals surface area contributed by atoms with Gasteiger partial charge < -0.3 is 9.47 Å². The van der Waals surface area contributed by atoms with Crippen molar-refractivity contribution in [1.82, 2.24) is 0 Å². The lowest BCUT2D eigenvalue weighted by Gasteiger charge is -2.17. The van der Waals surface area contributed by atoms with Crippen molar-refractivity contribution in [3.05, 3.63) is 23.8 Å². The molecule has 6 nitrogen and oxygen atoms in total. The van der Waals surface area contributed by atoms with Gasteiger partial charge in [-0.1, -0.05) is 20.8 Å². The van der Waals surface area contributed by atoms with Gasteiger partial charge in [0.15, 0.2) is 0 Å². The smallest absolute Gasteiger partial charge is 0.338 e. The maximum Gasteiger partial charge on any atom is 0.338 e. The molecule has 0 aliphatic heterocycles. The van der Waals surface area contributed by atoms with Crippen LogP contribution >= 0.6 is 0 Å². The Labute approximate surface area is 125 Å². The molecule has 1 aromatic carbocycles. The number of primary sulfonamides is 1. The molecule has 1 aromatic rings. The van der Waals surface area contributed by atoms with E-state index in [1.165, 1.54) is 19.2 Å². The summed E-state index contributed by atoms with van der Waals surface area (Å²) in [6, 6.07) is 3.97. The molecule has 118 valence electrons. The van der Waals surface area contributed by atoms with Crippen molar-refractivity contribution in [2.45, 2.75) is 32.1 Å². The van der Waals surface area contributed by atoms with E-state index in [2.05, 4.69) is 0 Å². The standard InChI is InChI=1S/C14H21NO5S/c1-14(2,3)7-8-20-13(16)10-5-6-11(19-4)12(9-10)21(15,17)18/h5-6,9H,7-8H2,1-4H3,(H2,15,17,18). The van der Waals surface area contributed by atoms with Gasteiger partial charge in [0, 0.05) is 0 Å². The minimum absolute atomic E-state index is 0.0476. The van der Waals surface area contributed by atoms with Crippen LogP contribution in [0.4, 0.5) is 0 Å². The number of carbonyl (C=O) groups excluding carboxylic acids is 1. The molecule has 0 aliphatic carbocycles. The highest BCUT2D eigenvalue weighted by molar-refractivity contribution is 7.89. The first kappa shape index (κ1) is 17.5. The second-order valence-corrected chi connectivity index (χ2v) is 7.39. The van der Waals surface area contributed by atoms with Crippen LogP contribution in [0.25, 0.3) is 0 Å². The van der Waals surface area contributed by atoms with Gasteiger partial charge in [0.25, 0.3) is 0 Å². The fourth-order valence-corrected chi connectivity index (χ4v) is 2.28. The largest absolute Gasteiger partial charge is 0.495 e. The Kier molecular flexibility index (Phi) is 5.36. The van der Waals surface area contributed by atoms with Gasteiger partial charge in [0.1, 0.15) is 10.6 Å². The topological polar surface area (TPSA) is 95.7 Å². The van der Waals surface area contributed by atoms with E-state index >= 15 is 0 Å². The van der Waals surface area contributed by atoms with Crippen LogP contribution in [0.5, 0.6) is 5.75 Å². The van der Waals surface area contributed by atoms with E-state index in [9.17, 15) is 13.2 Å². The molecule has 0 heterocycles. The molecular formula is C14H21NO5S. The number of ether oxygens (including phenoxy) is 2. The fraction of sp³-hybridized carbons (Fsp3) is 0.500. The zero-order valence-corrected chi connectivity index (χ0v) is 13.5. The monoisotopic (exact) mass is 315 g/mol. The third-order valence-electron chi connectivity index (χ3n) is 2.79. The summed E-state index contributed by atoms with van der Waals surface area (Å²) in [7, 11) is -2.65. The summed E-state index contributed by atoms with van der Waals surface area (Å²) < 4.78 is 33.0. The third kappa shape index (κ3) is 5.35. The molecule has 2 N–H and O–H groups in total. The number of rotatable bonds is 5. The minimum atomic E-state index is -3.98. The van der Waals surface area contributed by atoms with Crippen molar-refractivity contribution < 1.29 is 22.7 Å². The van der Waals surface area contributed by atoms with Crippen molar-refractivity contribution >= 4 is 16.0 Å². The molecule has 0 fully saturated rings. The first-order valence-corrected chi connectivity index (χ1v) is 7.97. The summed E-state index contributed by atoms with van der Waals surface area (Å²) in [6.45, 7) is 6.37. The van der Waals surface area contributed by atoms with Crippen LogP contribution in [-0.2, 0) is 14.8 Å². The van der Waals surface area contributed by atoms with Gasteiger partial charge in [-0.3, -0.25) is 0 Å². The SMILES string of the molecule is COc1ccc(C(=O)OCCC(C)(C)C)cc1S(N)(=O)=O. The zero-order chi connectivity index (χ0) is 16.3. The van der Waals surface area contributed by atoms with E-state index in [-0.39, 0.29) is 28.2 Å². The summed E-state index contributed by atoms with van der Waals surface area (Å²) in [4.78, 5) is 11.7. The molecule has 0 radical (unpaired) electrons. The van der Waals surface area contributed by atoms with E-state index in [0.717, 1.165) is 6.07 Å². The normalized spacial score (nSPS) is 12.0. The van der Waals surface area contributed by atoms with Gasteiger partial charge in [-0.2, -0.15) is 0 Å². The van der Waals surface area contributed by atoms with Gasteiger partial charge in [-0.25, -0.2) is 18.4 Å². The Bertz CT molecular complexity index is 617. The lowest BCUT2D eigenvalue weighted by molar-refractivity contribution is 0.0464. The Morgan fingerprint density at radius 1 is 1.29 bits per heavy atom. The highest BCUT2D eigenvalue weighted by atomic mass is 32.2. The van der Waals surface area contributed by atoms with Crippen LogP contribution < -0.4 is 9.88 Å². The molecule has 0 atom stereocenters. The second kappa shape index (κ2) is 6.44. The Morgan fingerprint density at radius 2 is 1.90 bits per heavy atom. The van der Waals surface area contributed by atoms with Gasteiger partial charge >= 0.3 is 5.97 Å². The van der Waals surface area contributed by atoms with E-state index < -0.39 is 16.0 Å². The predicted octanol–water partition coefficient (Wildman–Crippen LogP) is 1.94. The van der Waals surface area contributed by atoms with Crippen molar-refractivity contribution in [2.75, 3.05) is 13.7 Å². The summed E-state index contributed by atoms with van der Waals surface area (Å²) >= 11 is 0. The highest BCUT2D eigenvalue weighted by Gasteiger charge is 2.19. The molecule has 0 unspecified atom stereocenters. The molecule has 0 saturated carbocycles. The third-order valence-corrected chi connectivity index (χ3v) is 3.72. The van der Waals surface area contributed by atoms with Gasteiger partial charge in [0.2, 0.25) is 10.0 Å². The maximum absolute atomic E-state index is 11.9. The Morgan fingerprint density at radius 3 is 2.38 bits per heavy atom. The van der Waals surface area contributed by atoms with Gasteiger partial charge in [0.05, 0.1) is 19.3 Å². The van der Waals surface area contributed by atoms with Crippen LogP contribution in [0.15, 0.2) is 23.1 Å². The van der Waals surface area contributed by atoms with Crippen molar-refractivity contribution in [3.8, 4) is 5.75 Å². The number of benzene rings is 1. The number of hydrogen-bond donors (Lipinski definition) is 1. The average molecular weight is 315 g/mol. The first-order valence-electron chi connectivity index (χ1n) is 6.42. The van der Waals surface area contributed by atoms with Crippen LogP contribution in [0.1, 0.15) is 37.6 Å². The molecule has 0 saturated heterocycles. The van der Waals surface area contributed by atoms with E-state index in [4.69, 9.17) is 14.6 Å². The molecule has 21 heavy (non-hydrogen) atoms. The number of methoxy groups -OCH3 is 1. The number of hydrogen-bond acceptors (Lipinski definition) is 5. The molecule has 7 heteroatoms. The van der Waals surface area contributed by atoms with E-state index in [1.54, 1.807) is 0 Å². The molecule has 0 bridgehead atoms. The van der Waals surface area contributed by atoms with Crippen molar-refractivity contribution in [1.29, 1.82) is 0 Å². The number of esters is 1. The van der Waals surface area contributed by atoms with E-state index in [0.29, 0.717) is 6.42 Å². The molecule has 0 spiro atoms. The molecule has 0 aliphatic rings. The van der Waals surface area contributed by atoms with Crippen molar-refractivity contribution in [2.24, 2.45) is 10.6 Å². The first-order chi connectivity index (χ1) is 9.54. The average Bonchev–Trinajstić information content (AvgIpc) is 2.35. The maximum atomic E-state index is 11.9. The predicted molar refractivity (Wildman–Crippen MR) is 78.7 cm³/mol. The van der Waals surface area contributed by atoms with Crippen LogP contribution in [-0.4, -0.2) is 28.1 Å². The second-order valence-electron chi connectivity index (χ2n) is 5.86. The Hall–Kier alpha value is -1.60. The zero-order valence-electron chi connectivity index (χ0n) is 12.7. The summed E-state index contributed by atoms with van der Waals surface area (Å²) in [5, 5.41) is 5.10. The fourth-order valence-electron chi connectivity index (χ4n) is 1.56. The van der Waals surface area contributed by atoms with Crippen LogP contribution in [0, 0.1) is 5.41 Å². The summed E-state index contributed by atoms with van der Waals surface area (Å²) in [5.41, 5.74) is 0.167. The van der Waals surface area contributed by atoms with Gasteiger partial charge in [-0.15, -0.1) is 0 Å². The molecule has 0 aromatic heterocycles. The van der Waals surface area contributed by atoms with Crippen molar-refractivity contribution in [3.63, 3.8) is 0 Å². The van der Waals surface area contributed by atoms with Crippen LogP contribution in [0.2, 0.25) is 0 Å². The number of carbonyl (C=O) groups is 1. The number of nitrogens with two attached hydrogens (primary N) is 1. The minimum Gasteiger partial charge on any atom is -0.495 e. The number of sulfonamides is 1. The lowest BCUT2D eigenvalue weighted by atomic mass is 9.93. The molecular weight excluding hydrogens is 294 g/mol. The summed E-state index contributed by atoms with van der Waals surface area (Å²) in [5.74, 6) is -0.504. The van der Waals surface area contributed by atoms with Crippen LogP contribution in [0.3, 0.4) is 0 Å². The molecule has 0 amide bonds. The quantitative estimate of drug-likeness (QED) is 0.838.